The zero-order chi connectivity index (χ0) is 15.0. The molecule has 0 aliphatic heterocycles. The fourth-order valence-electron chi connectivity index (χ4n) is 1.27. The van der Waals surface area contributed by atoms with Crippen LogP contribution in [-0.4, -0.2) is 30.5 Å². The summed E-state index contributed by atoms with van der Waals surface area (Å²) in [6.07, 6.45) is 0. The Morgan fingerprint density at radius 1 is 1.10 bits per heavy atom. The van der Waals surface area contributed by atoms with Crippen molar-refractivity contribution in [1.29, 1.82) is 0 Å². The van der Waals surface area contributed by atoms with Gasteiger partial charge in [0.1, 0.15) is 0 Å². The summed E-state index contributed by atoms with van der Waals surface area (Å²) in [5.74, 6) is -1.48. The number of likely N-dealkylation sites (N-methyl/N-ethyl adjacent to an activating group) is 1. The third-order valence-corrected chi connectivity index (χ3v) is 2.48. The van der Waals surface area contributed by atoms with Crippen LogP contribution in [0.2, 0.25) is 0 Å². The molecular weight excluding hydrogens is 278 g/mol. The summed E-state index contributed by atoms with van der Waals surface area (Å²) in [5, 5.41) is 8.74. The first-order chi connectivity index (χ1) is 9.56. The zero-order valence-corrected chi connectivity index (χ0v) is 12.1. The predicted octanol–water partition coefficient (Wildman–Crippen LogP) is 0.182. The Kier molecular flexibility index (Phi) is 6.24. The summed E-state index contributed by atoms with van der Waals surface area (Å²) in [6, 6.07) is 7.05. The molecule has 2 amide bonds. The van der Waals surface area contributed by atoms with Crippen LogP contribution >= 0.6 is 12.2 Å². The standard InChI is InChI=1S/C12H17N5O2S/c1-3-14-12(20)15-8-4-6-9(7-5-8)16-17-11(19)10(18)13-2/h4-7,16H,3H2,1-2H3,(H,13,18)(H,17,19)(H2,14,15,20). The third kappa shape index (κ3) is 5.11. The summed E-state index contributed by atoms with van der Waals surface area (Å²) >= 11 is 5.06. The molecule has 0 bridgehead atoms. The molecule has 0 spiro atoms. The minimum Gasteiger partial charge on any atom is -0.363 e. The number of benzene rings is 1. The second-order valence-corrected chi connectivity index (χ2v) is 4.13. The van der Waals surface area contributed by atoms with Crippen LogP contribution in [0, 0.1) is 0 Å². The van der Waals surface area contributed by atoms with Gasteiger partial charge < -0.3 is 16.0 Å². The van der Waals surface area contributed by atoms with Crippen LogP contribution in [0.15, 0.2) is 24.3 Å². The largest absolute Gasteiger partial charge is 0.363 e. The van der Waals surface area contributed by atoms with Gasteiger partial charge in [0.05, 0.1) is 5.69 Å². The zero-order valence-electron chi connectivity index (χ0n) is 11.2. The van der Waals surface area contributed by atoms with Crippen molar-refractivity contribution in [2.24, 2.45) is 0 Å². The monoisotopic (exact) mass is 295 g/mol. The quantitative estimate of drug-likeness (QED) is 0.309. The van der Waals surface area contributed by atoms with Crippen molar-refractivity contribution in [2.75, 3.05) is 24.3 Å². The summed E-state index contributed by atoms with van der Waals surface area (Å²) in [4.78, 5) is 22.2. The van der Waals surface area contributed by atoms with Gasteiger partial charge in [-0.1, -0.05) is 0 Å². The molecule has 20 heavy (non-hydrogen) atoms. The van der Waals surface area contributed by atoms with Crippen LogP contribution in [0.25, 0.3) is 0 Å². The minimum atomic E-state index is -0.761. The first-order valence-corrected chi connectivity index (χ1v) is 6.40. The van der Waals surface area contributed by atoms with Crippen LogP contribution in [0.5, 0.6) is 0 Å². The molecule has 8 heteroatoms. The van der Waals surface area contributed by atoms with E-state index in [2.05, 4.69) is 26.8 Å². The SMILES string of the molecule is CCNC(=S)Nc1ccc(NNC(=O)C(=O)NC)cc1. The second kappa shape index (κ2) is 7.95. The number of anilines is 2. The van der Waals surface area contributed by atoms with Crippen molar-refractivity contribution in [3.63, 3.8) is 0 Å². The number of hydrogen-bond acceptors (Lipinski definition) is 4. The smallest absolute Gasteiger partial charge is 0.327 e. The number of amides is 2. The maximum atomic E-state index is 11.2. The maximum absolute atomic E-state index is 11.2. The van der Waals surface area contributed by atoms with E-state index in [1.807, 2.05) is 6.92 Å². The highest BCUT2D eigenvalue weighted by Gasteiger charge is 2.09. The number of rotatable bonds is 4. The molecule has 0 saturated heterocycles. The van der Waals surface area contributed by atoms with E-state index in [1.54, 1.807) is 24.3 Å². The lowest BCUT2D eigenvalue weighted by molar-refractivity contribution is -0.138. The van der Waals surface area contributed by atoms with E-state index in [1.165, 1.54) is 7.05 Å². The van der Waals surface area contributed by atoms with Gasteiger partial charge in [0.15, 0.2) is 5.11 Å². The number of hydrogen-bond donors (Lipinski definition) is 5. The fraction of sp³-hybridized carbons (Fsp3) is 0.250. The van der Waals surface area contributed by atoms with E-state index in [4.69, 9.17) is 12.2 Å². The molecule has 7 nitrogen and oxygen atoms in total. The Bertz CT molecular complexity index is 489. The summed E-state index contributed by atoms with van der Waals surface area (Å²) in [6.45, 7) is 2.70. The minimum absolute atomic E-state index is 0.543. The first kappa shape index (κ1) is 15.7. The molecule has 0 fully saturated rings. The molecule has 0 aliphatic carbocycles. The van der Waals surface area contributed by atoms with Gasteiger partial charge in [-0.25, -0.2) is 0 Å². The van der Waals surface area contributed by atoms with E-state index in [0.29, 0.717) is 10.8 Å². The van der Waals surface area contributed by atoms with E-state index in [9.17, 15) is 9.59 Å². The Hall–Kier alpha value is -2.35. The van der Waals surface area contributed by atoms with Gasteiger partial charge in [-0.15, -0.1) is 0 Å². The molecular formula is C12H17N5O2S. The lowest BCUT2D eigenvalue weighted by Gasteiger charge is -2.10. The van der Waals surface area contributed by atoms with E-state index in [-0.39, 0.29) is 0 Å². The van der Waals surface area contributed by atoms with Crippen molar-refractivity contribution < 1.29 is 9.59 Å². The molecule has 108 valence electrons. The van der Waals surface area contributed by atoms with Crippen molar-refractivity contribution in [3.8, 4) is 0 Å². The van der Waals surface area contributed by atoms with Crippen molar-refractivity contribution >= 4 is 40.5 Å². The highest BCUT2D eigenvalue weighted by Crippen LogP contribution is 2.12. The van der Waals surface area contributed by atoms with Gasteiger partial charge in [0.25, 0.3) is 0 Å². The molecule has 0 atom stereocenters. The van der Waals surface area contributed by atoms with Crippen molar-refractivity contribution in [1.82, 2.24) is 16.1 Å². The maximum Gasteiger partial charge on any atom is 0.327 e. The summed E-state index contributed by atoms with van der Waals surface area (Å²) in [7, 11) is 1.38. The lowest BCUT2D eigenvalue weighted by Crippen LogP contribution is -2.40. The van der Waals surface area contributed by atoms with Crippen LogP contribution in [-0.2, 0) is 9.59 Å². The van der Waals surface area contributed by atoms with Gasteiger partial charge in [0.2, 0.25) is 0 Å². The Balaban J connectivity index is 2.48. The van der Waals surface area contributed by atoms with E-state index in [0.717, 1.165) is 12.2 Å². The molecule has 1 aromatic carbocycles. The van der Waals surface area contributed by atoms with E-state index < -0.39 is 11.8 Å². The van der Waals surface area contributed by atoms with Gasteiger partial charge in [-0.3, -0.25) is 20.4 Å². The average Bonchev–Trinajstić information content (AvgIpc) is 2.45. The van der Waals surface area contributed by atoms with Crippen molar-refractivity contribution in [2.45, 2.75) is 6.92 Å². The molecule has 0 heterocycles. The molecule has 1 aromatic rings. The molecule has 5 N–H and O–H groups in total. The highest BCUT2D eigenvalue weighted by atomic mass is 32.1. The number of hydrazine groups is 1. The number of thiocarbonyl (C=S) groups is 1. The Morgan fingerprint density at radius 3 is 2.25 bits per heavy atom. The van der Waals surface area contributed by atoms with Crippen LogP contribution in [0.4, 0.5) is 11.4 Å². The third-order valence-electron chi connectivity index (χ3n) is 2.23. The molecule has 0 unspecified atom stereocenters. The fourth-order valence-corrected chi connectivity index (χ4v) is 1.53. The molecule has 0 aromatic heterocycles. The van der Waals surface area contributed by atoms with Gasteiger partial charge in [0, 0.05) is 19.3 Å². The summed E-state index contributed by atoms with van der Waals surface area (Å²) < 4.78 is 0. The Labute approximate surface area is 122 Å². The van der Waals surface area contributed by atoms with Gasteiger partial charge in [-0.05, 0) is 43.4 Å². The van der Waals surface area contributed by atoms with Gasteiger partial charge >= 0.3 is 11.8 Å². The number of carbonyl (C=O) groups excluding carboxylic acids is 2. The molecule has 0 aliphatic rings. The number of nitrogens with one attached hydrogen (secondary N) is 5. The van der Waals surface area contributed by atoms with Gasteiger partial charge in [-0.2, -0.15) is 0 Å². The molecule has 1 rings (SSSR count). The van der Waals surface area contributed by atoms with Crippen LogP contribution in [0.3, 0.4) is 0 Å². The predicted molar refractivity (Wildman–Crippen MR) is 82.2 cm³/mol. The molecule has 0 radical (unpaired) electrons. The van der Waals surface area contributed by atoms with Crippen LogP contribution in [0.1, 0.15) is 6.92 Å². The van der Waals surface area contributed by atoms with Crippen molar-refractivity contribution in [3.05, 3.63) is 24.3 Å². The topological polar surface area (TPSA) is 94.3 Å². The first-order valence-electron chi connectivity index (χ1n) is 5.99. The van der Waals surface area contributed by atoms with E-state index >= 15 is 0 Å². The normalized spacial score (nSPS) is 9.30. The highest BCUT2D eigenvalue weighted by molar-refractivity contribution is 7.80. The average molecular weight is 295 g/mol. The number of carbonyl (C=O) groups is 2. The summed E-state index contributed by atoms with van der Waals surface area (Å²) in [5.41, 5.74) is 6.36. The lowest BCUT2D eigenvalue weighted by atomic mass is 10.3. The Morgan fingerprint density at radius 2 is 1.70 bits per heavy atom. The molecule has 0 saturated carbocycles. The van der Waals surface area contributed by atoms with Crippen LogP contribution < -0.4 is 26.8 Å². The second-order valence-electron chi connectivity index (χ2n) is 3.72.